The van der Waals surface area contributed by atoms with E-state index in [9.17, 15) is 14.3 Å². The highest BCUT2D eigenvalue weighted by Crippen LogP contribution is 2.24. The fourth-order valence-corrected chi connectivity index (χ4v) is 2.04. The molecular formula is C15H22FNO2. The van der Waals surface area contributed by atoms with E-state index in [-0.39, 0.29) is 5.56 Å². The van der Waals surface area contributed by atoms with Gasteiger partial charge in [0.2, 0.25) is 0 Å². The number of hydrogen-bond acceptors (Lipinski definition) is 2. The monoisotopic (exact) mass is 267 g/mol. The fraction of sp³-hybridized carbons (Fsp3) is 0.533. The number of benzene rings is 1. The van der Waals surface area contributed by atoms with Crippen LogP contribution in [-0.2, 0) is 0 Å². The molecule has 3 nitrogen and oxygen atoms in total. The van der Waals surface area contributed by atoms with Crippen molar-refractivity contribution in [1.29, 1.82) is 0 Å². The average molecular weight is 267 g/mol. The first-order valence-corrected chi connectivity index (χ1v) is 6.88. The van der Waals surface area contributed by atoms with Crippen molar-refractivity contribution >= 4 is 11.7 Å². The van der Waals surface area contributed by atoms with Crippen LogP contribution in [0, 0.1) is 5.82 Å². The quantitative estimate of drug-likeness (QED) is 0.775. The Balaban J connectivity index is 3.06. The lowest BCUT2D eigenvalue weighted by Crippen LogP contribution is -2.27. The number of unbranched alkanes of at least 4 members (excludes halogenated alkanes) is 2. The zero-order valence-corrected chi connectivity index (χ0v) is 11.7. The summed E-state index contributed by atoms with van der Waals surface area (Å²) >= 11 is 0. The lowest BCUT2D eigenvalue weighted by Gasteiger charge is -2.26. The molecule has 19 heavy (non-hydrogen) atoms. The summed E-state index contributed by atoms with van der Waals surface area (Å²) in [7, 11) is 0. The molecule has 0 unspecified atom stereocenters. The fourth-order valence-electron chi connectivity index (χ4n) is 2.04. The van der Waals surface area contributed by atoms with E-state index in [0.717, 1.165) is 38.8 Å². The van der Waals surface area contributed by atoms with Crippen molar-refractivity contribution in [3.8, 4) is 0 Å². The SMILES string of the molecule is CCCCN(CCCC)c1cccc(F)c1C(=O)O. The number of nitrogens with zero attached hydrogens (tertiary/aromatic N) is 1. The molecule has 0 aromatic heterocycles. The van der Waals surface area contributed by atoms with Crippen LogP contribution in [0.5, 0.6) is 0 Å². The molecule has 1 aromatic carbocycles. The Kier molecular flexibility index (Phi) is 6.33. The van der Waals surface area contributed by atoms with E-state index in [4.69, 9.17) is 0 Å². The van der Waals surface area contributed by atoms with Crippen LogP contribution in [0.15, 0.2) is 18.2 Å². The summed E-state index contributed by atoms with van der Waals surface area (Å²) in [6.07, 6.45) is 4.00. The second-order valence-electron chi connectivity index (χ2n) is 4.63. The van der Waals surface area contributed by atoms with E-state index in [2.05, 4.69) is 13.8 Å². The molecule has 1 aromatic rings. The molecule has 4 heteroatoms. The molecule has 0 aliphatic carbocycles. The van der Waals surface area contributed by atoms with E-state index in [1.54, 1.807) is 12.1 Å². The van der Waals surface area contributed by atoms with Crippen molar-refractivity contribution in [2.24, 2.45) is 0 Å². The molecule has 1 N–H and O–H groups in total. The summed E-state index contributed by atoms with van der Waals surface area (Å²) < 4.78 is 13.7. The zero-order valence-electron chi connectivity index (χ0n) is 11.7. The summed E-state index contributed by atoms with van der Waals surface area (Å²) in [6, 6.07) is 4.46. The highest BCUT2D eigenvalue weighted by atomic mass is 19.1. The second-order valence-corrected chi connectivity index (χ2v) is 4.63. The Morgan fingerprint density at radius 1 is 1.21 bits per heavy atom. The maximum absolute atomic E-state index is 13.7. The van der Waals surface area contributed by atoms with Gasteiger partial charge in [0.25, 0.3) is 0 Å². The third-order valence-corrected chi connectivity index (χ3v) is 3.11. The number of rotatable bonds is 8. The Morgan fingerprint density at radius 2 is 1.79 bits per heavy atom. The van der Waals surface area contributed by atoms with Gasteiger partial charge >= 0.3 is 5.97 Å². The predicted octanol–water partition coefficient (Wildman–Crippen LogP) is 3.93. The van der Waals surface area contributed by atoms with Crippen LogP contribution >= 0.6 is 0 Å². The Labute approximate surface area is 114 Å². The van der Waals surface area contributed by atoms with Gasteiger partial charge in [-0.3, -0.25) is 0 Å². The second kappa shape index (κ2) is 7.77. The summed E-state index contributed by atoms with van der Waals surface area (Å²) in [6.45, 7) is 5.70. The van der Waals surface area contributed by atoms with Crippen LogP contribution in [0.2, 0.25) is 0 Å². The first-order chi connectivity index (χ1) is 9.11. The van der Waals surface area contributed by atoms with Crippen LogP contribution < -0.4 is 4.90 Å². The van der Waals surface area contributed by atoms with Gasteiger partial charge in [0, 0.05) is 13.1 Å². The van der Waals surface area contributed by atoms with Gasteiger partial charge in [-0.25, -0.2) is 9.18 Å². The summed E-state index contributed by atoms with van der Waals surface area (Å²) in [4.78, 5) is 13.2. The van der Waals surface area contributed by atoms with Crippen LogP contribution in [-0.4, -0.2) is 24.2 Å². The molecule has 0 fully saturated rings. The van der Waals surface area contributed by atoms with Crippen molar-refractivity contribution in [1.82, 2.24) is 0 Å². The predicted molar refractivity (Wildman–Crippen MR) is 75.4 cm³/mol. The van der Waals surface area contributed by atoms with Gasteiger partial charge in [-0.1, -0.05) is 32.8 Å². The van der Waals surface area contributed by atoms with E-state index < -0.39 is 11.8 Å². The van der Waals surface area contributed by atoms with Crippen molar-refractivity contribution in [3.63, 3.8) is 0 Å². The lowest BCUT2D eigenvalue weighted by molar-refractivity contribution is 0.0692. The third-order valence-electron chi connectivity index (χ3n) is 3.11. The number of aromatic carboxylic acids is 1. The number of halogens is 1. The molecule has 0 saturated carbocycles. The van der Waals surface area contributed by atoms with Crippen LogP contribution in [0.1, 0.15) is 49.9 Å². The maximum atomic E-state index is 13.7. The first kappa shape index (κ1) is 15.5. The van der Waals surface area contributed by atoms with Crippen LogP contribution in [0.4, 0.5) is 10.1 Å². The number of hydrogen-bond donors (Lipinski definition) is 1. The molecule has 0 spiro atoms. The highest BCUT2D eigenvalue weighted by molar-refractivity contribution is 5.94. The molecule has 0 saturated heterocycles. The van der Waals surface area contributed by atoms with Crippen molar-refractivity contribution in [2.75, 3.05) is 18.0 Å². The molecular weight excluding hydrogens is 245 g/mol. The summed E-state index contributed by atoms with van der Waals surface area (Å²) in [5.41, 5.74) is 0.282. The summed E-state index contributed by atoms with van der Waals surface area (Å²) in [5.74, 6) is -1.87. The van der Waals surface area contributed by atoms with Crippen LogP contribution in [0.25, 0.3) is 0 Å². The molecule has 0 aliphatic rings. The third kappa shape index (κ3) is 4.23. The van der Waals surface area contributed by atoms with E-state index in [1.807, 2.05) is 4.90 Å². The van der Waals surface area contributed by atoms with Crippen molar-refractivity contribution in [3.05, 3.63) is 29.6 Å². The van der Waals surface area contributed by atoms with Gasteiger partial charge in [0.15, 0.2) is 0 Å². The minimum absolute atomic E-state index is 0.213. The molecule has 0 heterocycles. The van der Waals surface area contributed by atoms with E-state index >= 15 is 0 Å². The Hall–Kier alpha value is -1.58. The molecule has 0 aliphatic heterocycles. The van der Waals surface area contributed by atoms with Crippen LogP contribution in [0.3, 0.4) is 0 Å². The van der Waals surface area contributed by atoms with Crippen molar-refractivity contribution in [2.45, 2.75) is 39.5 Å². The number of anilines is 1. The van der Waals surface area contributed by atoms with Crippen molar-refractivity contribution < 1.29 is 14.3 Å². The molecule has 0 bridgehead atoms. The average Bonchev–Trinajstić information content (AvgIpc) is 2.38. The standard InChI is InChI=1S/C15H22FNO2/c1-3-5-10-17(11-6-4-2)13-9-7-8-12(16)14(13)15(18)19/h7-9H,3-6,10-11H2,1-2H3,(H,18,19). The largest absolute Gasteiger partial charge is 0.478 e. The van der Waals surface area contributed by atoms with Gasteiger partial charge in [-0.2, -0.15) is 0 Å². The molecule has 0 amide bonds. The lowest BCUT2D eigenvalue weighted by atomic mass is 10.1. The maximum Gasteiger partial charge on any atom is 0.340 e. The van der Waals surface area contributed by atoms with Gasteiger partial charge in [-0.05, 0) is 25.0 Å². The van der Waals surface area contributed by atoms with Gasteiger partial charge in [-0.15, -0.1) is 0 Å². The van der Waals surface area contributed by atoms with E-state index in [0.29, 0.717) is 5.69 Å². The number of carboxylic acid groups (broad SMARTS) is 1. The van der Waals surface area contributed by atoms with Gasteiger partial charge in [0.05, 0.1) is 5.69 Å². The van der Waals surface area contributed by atoms with Gasteiger partial charge < -0.3 is 10.0 Å². The minimum Gasteiger partial charge on any atom is -0.478 e. The number of carboxylic acids is 1. The van der Waals surface area contributed by atoms with Gasteiger partial charge in [0.1, 0.15) is 11.4 Å². The Bertz CT molecular complexity index is 413. The topological polar surface area (TPSA) is 40.5 Å². The highest BCUT2D eigenvalue weighted by Gasteiger charge is 2.19. The zero-order chi connectivity index (χ0) is 14.3. The molecule has 106 valence electrons. The van der Waals surface area contributed by atoms with E-state index in [1.165, 1.54) is 6.07 Å². The smallest absolute Gasteiger partial charge is 0.340 e. The normalized spacial score (nSPS) is 10.5. The molecule has 0 atom stereocenters. The first-order valence-electron chi connectivity index (χ1n) is 6.88. The number of carbonyl (C=O) groups is 1. The molecule has 0 radical (unpaired) electrons. The summed E-state index contributed by atoms with van der Waals surface area (Å²) in [5, 5.41) is 9.18. The molecule has 1 rings (SSSR count). The minimum atomic E-state index is -1.20. The Morgan fingerprint density at radius 3 is 2.26 bits per heavy atom.